The van der Waals surface area contributed by atoms with Crippen LogP contribution >= 0.6 is 11.8 Å². The molecule has 0 fully saturated rings. The molecule has 1 heterocycles. The third-order valence-electron chi connectivity index (χ3n) is 3.45. The summed E-state index contributed by atoms with van der Waals surface area (Å²) in [5.74, 6) is 1.67. The van der Waals surface area contributed by atoms with Gasteiger partial charge in [-0.1, -0.05) is 36.0 Å². The van der Waals surface area contributed by atoms with Gasteiger partial charge in [0, 0.05) is 30.7 Å². The van der Waals surface area contributed by atoms with Crippen LogP contribution in [-0.4, -0.2) is 21.2 Å². The number of ether oxygens (including phenoxy) is 1. The Labute approximate surface area is 151 Å². The number of aromatic nitrogens is 2. The Morgan fingerprint density at radius 1 is 1.16 bits per heavy atom. The number of para-hydroxylation sites is 1. The van der Waals surface area contributed by atoms with Crippen molar-refractivity contribution in [2.24, 2.45) is 0 Å². The summed E-state index contributed by atoms with van der Waals surface area (Å²) in [6.07, 6.45) is 3.65. The van der Waals surface area contributed by atoms with Crippen LogP contribution in [0, 0.1) is 0 Å². The Hall–Kier alpha value is -2.73. The highest BCUT2D eigenvalue weighted by atomic mass is 32.2. The number of rotatable bonds is 7. The van der Waals surface area contributed by atoms with E-state index in [-0.39, 0.29) is 5.91 Å². The second kappa shape index (κ2) is 8.39. The minimum atomic E-state index is -0.0764. The van der Waals surface area contributed by atoms with Crippen molar-refractivity contribution in [2.45, 2.75) is 18.6 Å². The monoisotopic (exact) mass is 353 g/mol. The molecule has 0 spiro atoms. The number of nitrogens with one attached hydrogen (secondary N) is 1. The third kappa shape index (κ3) is 4.87. The smallest absolute Gasteiger partial charge is 0.234 e. The van der Waals surface area contributed by atoms with E-state index in [0.717, 1.165) is 17.5 Å². The summed E-state index contributed by atoms with van der Waals surface area (Å²) in [7, 11) is 0. The topological polar surface area (TPSA) is 56.2 Å². The minimum absolute atomic E-state index is 0.0764. The lowest BCUT2D eigenvalue weighted by Gasteiger charge is -2.09. The van der Waals surface area contributed by atoms with Gasteiger partial charge in [0.25, 0.3) is 0 Å². The van der Waals surface area contributed by atoms with Crippen molar-refractivity contribution in [3.05, 3.63) is 67.0 Å². The van der Waals surface area contributed by atoms with Gasteiger partial charge in [-0.05, 0) is 31.2 Å². The van der Waals surface area contributed by atoms with Crippen molar-refractivity contribution < 1.29 is 9.53 Å². The zero-order chi connectivity index (χ0) is 17.5. The van der Waals surface area contributed by atoms with Gasteiger partial charge in [-0.15, -0.1) is 0 Å². The summed E-state index contributed by atoms with van der Waals surface area (Å²) < 4.78 is 7.79. The van der Waals surface area contributed by atoms with E-state index < -0.39 is 0 Å². The van der Waals surface area contributed by atoms with Gasteiger partial charge in [0.05, 0.1) is 5.75 Å². The van der Waals surface area contributed by atoms with E-state index in [1.165, 1.54) is 11.8 Å². The van der Waals surface area contributed by atoms with Crippen molar-refractivity contribution in [2.75, 3.05) is 11.1 Å². The summed E-state index contributed by atoms with van der Waals surface area (Å²) in [6.45, 7) is 2.88. The molecule has 0 saturated heterocycles. The lowest BCUT2D eigenvalue weighted by Crippen LogP contribution is -2.14. The summed E-state index contributed by atoms with van der Waals surface area (Å²) >= 11 is 1.42. The minimum Gasteiger partial charge on any atom is -0.457 e. The molecule has 128 valence electrons. The first-order chi connectivity index (χ1) is 12.2. The molecule has 1 aromatic heterocycles. The van der Waals surface area contributed by atoms with Crippen molar-refractivity contribution in [3.8, 4) is 11.5 Å². The Balaban J connectivity index is 1.57. The fourth-order valence-corrected chi connectivity index (χ4v) is 3.09. The molecule has 3 rings (SSSR count). The average molecular weight is 353 g/mol. The molecule has 0 aliphatic heterocycles. The highest BCUT2D eigenvalue weighted by molar-refractivity contribution is 7.99. The Morgan fingerprint density at radius 3 is 2.76 bits per heavy atom. The van der Waals surface area contributed by atoms with Crippen LogP contribution in [-0.2, 0) is 11.3 Å². The van der Waals surface area contributed by atoms with Crippen molar-refractivity contribution in [3.63, 3.8) is 0 Å². The number of hydrogen-bond donors (Lipinski definition) is 1. The maximum atomic E-state index is 12.2. The van der Waals surface area contributed by atoms with E-state index in [2.05, 4.69) is 10.3 Å². The van der Waals surface area contributed by atoms with E-state index in [1.807, 2.05) is 72.3 Å². The highest BCUT2D eigenvalue weighted by Crippen LogP contribution is 2.24. The van der Waals surface area contributed by atoms with E-state index in [9.17, 15) is 4.79 Å². The van der Waals surface area contributed by atoms with Crippen LogP contribution in [0.3, 0.4) is 0 Å². The van der Waals surface area contributed by atoms with Gasteiger partial charge in [-0.3, -0.25) is 4.79 Å². The van der Waals surface area contributed by atoms with Crippen LogP contribution in [0.15, 0.2) is 72.1 Å². The van der Waals surface area contributed by atoms with Crippen LogP contribution in [0.2, 0.25) is 0 Å². The quantitative estimate of drug-likeness (QED) is 0.639. The van der Waals surface area contributed by atoms with Crippen molar-refractivity contribution in [1.82, 2.24) is 9.55 Å². The fourth-order valence-electron chi connectivity index (χ4n) is 2.27. The second-order valence-electron chi connectivity index (χ2n) is 5.28. The number of thioether (sulfide) groups is 1. The Bertz CT molecular complexity index is 833. The highest BCUT2D eigenvalue weighted by Gasteiger charge is 2.08. The van der Waals surface area contributed by atoms with Crippen LogP contribution in [0.4, 0.5) is 5.69 Å². The van der Waals surface area contributed by atoms with Crippen LogP contribution in [0.1, 0.15) is 6.92 Å². The SMILES string of the molecule is CCn1ccnc1SCC(=O)Nc1cccc(Oc2ccccc2)c1. The molecule has 5 nitrogen and oxygen atoms in total. The van der Waals surface area contributed by atoms with Gasteiger partial charge in [0.15, 0.2) is 5.16 Å². The average Bonchev–Trinajstić information content (AvgIpc) is 3.09. The molecular weight excluding hydrogens is 334 g/mol. The fraction of sp³-hybridized carbons (Fsp3) is 0.158. The molecule has 0 unspecified atom stereocenters. The number of amides is 1. The second-order valence-corrected chi connectivity index (χ2v) is 6.22. The molecule has 0 radical (unpaired) electrons. The summed E-state index contributed by atoms with van der Waals surface area (Å²) in [5, 5.41) is 3.74. The molecule has 1 N–H and O–H groups in total. The zero-order valence-electron chi connectivity index (χ0n) is 13.9. The van der Waals surface area contributed by atoms with E-state index in [1.54, 1.807) is 6.20 Å². The number of aryl methyl sites for hydroxylation is 1. The third-order valence-corrected chi connectivity index (χ3v) is 4.45. The van der Waals surface area contributed by atoms with E-state index in [4.69, 9.17) is 4.74 Å². The summed E-state index contributed by atoms with van der Waals surface area (Å²) in [5.41, 5.74) is 0.706. The van der Waals surface area contributed by atoms with Gasteiger partial charge in [0.1, 0.15) is 11.5 Å². The molecule has 25 heavy (non-hydrogen) atoms. The predicted octanol–water partition coefficient (Wildman–Crippen LogP) is 4.43. The van der Waals surface area contributed by atoms with Gasteiger partial charge < -0.3 is 14.6 Å². The molecular formula is C19H19N3O2S. The number of carbonyl (C=O) groups is 1. The number of carbonyl (C=O) groups excluding carboxylic acids is 1. The standard InChI is InChI=1S/C19H19N3O2S/c1-2-22-12-11-20-19(22)25-14-18(23)21-15-7-6-10-17(13-15)24-16-8-4-3-5-9-16/h3-13H,2,14H2,1H3,(H,21,23). The number of anilines is 1. The predicted molar refractivity (Wildman–Crippen MR) is 100 cm³/mol. The van der Waals surface area contributed by atoms with Crippen LogP contribution < -0.4 is 10.1 Å². The molecule has 3 aromatic rings. The lowest BCUT2D eigenvalue weighted by molar-refractivity contribution is -0.113. The summed E-state index contributed by atoms with van der Waals surface area (Å²) in [6, 6.07) is 16.9. The first kappa shape index (κ1) is 17.1. The van der Waals surface area contributed by atoms with Crippen LogP contribution in [0.25, 0.3) is 0 Å². The number of hydrogen-bond acceptors (Lipinski definition) is 4. The number of benzene rings is 2. The Kier molecular flexibility index (Phi) is 5.74. The van der Waals surface area contributed by atoms with E-state index >= 15 is 0 Å². The molecule has 0 saturated carbocycles. The largest absolute Gasteiger partial charge is 0.457 e. The molecule has 0 aliphatic carbocycles. The first-order valence-electron chi connectivity index (χ1n) is 8.01. The molecule has 0 aliphatic rings. The van der Waals surface area contributed by atoms with Crippen LogP contribution in [0.5, 0.6) is 11.5 Å². The molecule has 2 aromatic carbocycles. The molecule has 0 bridgehead atoms. The van der Waals surface area contributed by atoms with Crippen molar-refractivity contribution in [1.29, 1.82) is 0 Å². The lowest BCUT2D eigenvalue weighted by atomic mass is 10.3. The maximum Gasteiger partial charge on any atom is 0.234 e. The van der Waals surface area contributed by atoms with Crippen molar-refractivity contribution >= 4 is 23.4 Å². The number of imidazole rings is 1. The van der Waals surface area contributed by atoms with Gasteiger partial charge in [0.2, 0.25) is 5.91 Å². The van der Waals surface area contributed by atoms with E-state index in [0.29, 0.717) is 17.2 Å². The molecule has 0 atom stereocenters. The maximum absolute atomic E-state index is 12.2. The van der Waals surface area contributed by atoms with Gasteiger partial charge in [-0.25, -0.2) is 4.98 Å². The molecule has 6 heteroatoms. The first-order valence-corrected chi connectivity index (χ1v) is 9.00. The summed E-state index contributed by atoms with van der Waals surface area (Å²) in [4.78, 5) is 16.4. The number of nitrogens with zero attached hydrogens (tertiary/aromatic N) is 2. The van der Waals surface area contributed by atoms with Gasteiger partial charge in [-0.2, -0.15) is 0 Å². The zero-order valence-corrected chi connectivity index (χ0v) is 14.7. The van der Waals surface area contributed by atoms with Gasteiger partial charge >= 0.3 is 0 Å². The Morgan fingerprint density at radius 2 is 1.96 bits per heavy atom. The normalized spacial score (nSPS) is 10.4. The molecule has 1 amide bonds.